The van der Waals surface area contributed by atoms with E-state index in [2.05, 4.69) is 0 Å². The van der Waals surface area contributed by atoms with Crippen molar-refractivity contribution >= 4 is 11.9 Å². The Morgan fingerprint density at radius 3 is 1.95 bits per heavy atom. The van der Waals surface area contributed by atoms with Gasteiger partial charge >= 0.3 is 11.9 Å². The maximum atomic E-state index is 11.9. The summed E-state index contributed by atoms with van der Waals surface area (Å²) < 4.78 is 10.3. The summed E-state index contributed by atoms with van der Waals surface area (Å²) in [4.78, 5) is 22.7. The third kappa shape index (κ3) is 4.07. The van der Waals surface area contributed by atoms with Gasteiger partial charge in [-0.05, 0) is 48.5 Å². The van der Waals surface area contributed by atoms with E-state index in [0.29, 0.717) is 11.3 Å². The number of hydrogen-bond acceptors (Lipinski definition) is 5. The molecule has 0 radical (unpaired) electrons. The fraction of sp³-hybridized carbons (Fsp3) is 0.125. The molecule has 2 aromatic rings. The second-order valence-electron chi connectivity index (χ2n) is 4.32. The smallest absolute Gasteiger partial charge is 0.343 e. The van der Waals surface area contributed by atoms with Gasteiger partial charge in [0.1, 0.15) is 18.1 Å². The highest BCUT2D eigenvalue weighted by atomic mass is 16.5. The second kappa shape index (κ2) is 7.24. The van der Waals surface area contributed by atoms with Gasteiger partial charge in [-0.15, -0.1) is 0 Å². The molecule has 0 fully saturated rings. The molecule has 0 aliphatic carbocycles. The summed E-state index contributed by atoms with van der Waals surface area (Å²) in [7, 11) is 0. The minimum atomic E-state index is -1.05. The normalized spacial score (nSPS) is 10.0. The summed E-state index contributed by atoms with van der Waals surface area (Å²) in [6.45, 7) is 0.0931. The molecule has 0 unspecified atom stereocenters. The molecule has 2 rings (SSSR count). The third-order valence-electron chi connectivity index (χ3n) is 2.76. The highest BCUT2D eigenvalue weighted by Gasteiger charge is 2.09. The molecule has 0 aliphatic rings. The Hall–Kier alpha value is -2.86. The van der Waals surface area contributed by atoms with E-state index in [-0.39, 0.29) is 24.5 Å². The van der Waals surface area contributed by atoms with Crippen molar-refractivity contribution < 1.29 is 29.3 Å². The average molecular weight is 302 g/mol. The van der Waals surface area contributed by atoms with Crippen LogP contribution in [-0.4, -0.2) is 35.4 Å². The fourth-order valence-electron chi connectivity index (χ4n) is 1.68. The lowest BCUT2D eigenvalue weighted by atomic mass is 10.2. The summed E-state index contributed by atoms with van der Waals surface area (Å²) >= 11 is 0. The molecule has 0 saturated carbocycles. The van der Waals surface area contributed by atoms with Crippen molar-refractivity contribution in [2.24, 2.45) is 0 Å². The largest absolute Gasteiger partial charge is 0.491 e. The Labute approximate surface area is 126 Å². The lowest BCUT2D eigenvalue weighted by molar-refractivity contribution is 0.0696. The molecule has 114 valence electrons. The summed E-state index contributed by atoms with van der Waals surface area (Å²) in [5, 5.41) is 17.4. The molecule has 0 aliphatic heterocycles. The summed E-state index contributed by atoms with van der Waals surface area (Å²) in [5.41, 5.74) is 0.448. The molecule has 0 saturated heterocycles. The third-order valence-corrected chi connectivity index (χ3v) is 2.76. The first-order chi connectivity index (χ1) is 10.6. The summed E-state index contributed by atoms with van der Waals surface area (Å²) in [6, 6.07) is 11.8. The lowest BCUT2D eigenvalue weighted by Gasteiger charge is -2.06. The zero-order valence-corrected chi connectivity index (χ0v) is 11.6. The topological polar surface area (TPSA) is 93.1 Å². The Bertz CT molecular complexity index is 645. The van der Waals surface area contributed by atoms with Crippen LogP contribution in [0.1, 0.15) is 20.7 Å². The number of aliphatic hydroxyl groups excluding tert-OH is 1. The van der Waals surface area contributed by atoms with Crippen molar-refractivity contribution in [1.82, 2.24) is 0 Å². The second-order valence-corrected chi connectivity index (χ2v) is 4.32. The number of carboxylic acids is 1. The van der Waals surface area contributed by atoms with Gasteiger partial charge in [-0.3, -0.25) is 0 Å². The van der Waals surface area contributed by atoms with Crippen LogP contribution in [0.2, 0.25) is 0 Å². The first kappa shape index (κ1) is 15.5. The van der Waals surface area contributed by atoms with Gasteiger partial charge in [0.15, 0.2) is 0 Å². The highest BCUT2D eigenvalue weighted by Crippen LogP contribution is 2.16. The van der Waals surface area contributed by atoms with E-state index >= 15 is 0 Å². The molecule has 0 amide bonds. The molecule has 2 N–H and O–H groups in total. The maximum Gasteiger partial charge on any atom is 0.343 e. The number of aliphatic hydroxyl groups is 1. The van der Waals surface area contributed by atoms with Crippen LogP contribution < -0.4 is 9.47 Å². The summed E-state index contributed by atoms with van der Waals surface area (Å²) in [5.74, 6) is -0.805. The van der Waals surface area contributed by atoms with Crippen molar-refractivity contribution in [1.29, 1.82) is 0 Å². The number of benzene rings is 2. The van der Waals surface area contributed by atoms with Crippen molar-refractivity contribution in [3.05, 3.63) is 59.7 Å². The molecular weight excluding hydrogens is 288 g/mol. The lowest BCUT2D eigenvalue weighted by Crippen LogP contribution is -2.09. The van der Waals surface area contributed by atoms with E-state index in [4.69, 9.17) is 19.7 Å². The molecule has 2 aromatic carbocycles. The number of ether oxygens (including phenoxy) is 2. The molecule has 22 heavy (non-hydrogen) atoms. The van der Waals surface area contributed by atoms with Crippen molar-refractivity contribution in [3.8, 4) is 11.5 Å². The van der Waals surface area contributed by atoms with E-state index < -0.39 is 11.9 Å². The van der Waals surface area contributed by atoms with E-state index in [9.17, 15) is 9.59 Å². The number of hydrogen-bond donors (Lipinski definition) is 2. The molecule has 0 bridgehead atoms. The Morgan fingerprint density at radius 2 is 1.41 bits per heavy atom. The molecule has 0 aromatic heterocycles. The maximum absolute atomic E-state index is 11.9. The number of aromatic carboxylic acids is 1. The van der Waals surface area contributed by atoms with Gasteiger partial charge in [0.05, 0.1) is 17.7 Å². The molecule has 6 nitrogen and oxygen atoms in total. The van der Waals surface area contributed by atoms with E-state index in [1.54, 1.807) is 24.3 Å². The monoisotopic (exact) mass is 302 g/mol. The minimum absolute atomic E-state index is 0.0872. The first-order valence-electron chi connectivity index (χ1n) is 6.49. The highest BCUT2D eigenvalue weighted by molar-refractivity contribution is 5.91. The van der Waals surface area contributed by atoms with Crippen LogP contribution in [-0.2, 0) is 0 Å². The van der Waals surface area contributed by atoms with Crippen molar-refractivity contribution in [2.45, 2.75) is 0 Å². The zero-order chi connectivity index (χ0) is 15.9. The van der Waals surface area contributed by atoms with Gasteiger partial charge in [0.25, 0.3) is 0 Å². The SMILES string of the molecule is O=C(O)c1ccc(OC(=O)c2ccc(OCCO)cc2)cc1. The Kier molecular flexibility index (Phi) is 5.11. The van der Waals surface area contributed by atoms with Crippen LogP contribution in [0.3, 0.4) is 0 Å². The first-order valence-corrected chi connectivity index (χ1v) is 6.49. The van der Waals surface area contributed by atoms with Crippen LogP contribution in [0.5, 0.6) is 11.5 Å². The molecular formula is C16H14O6. The fourth-order valence-corrected chi connectivity index (χ4v) is 1.68. The zero-order valence-electron chi connectivity index (χ0n) is 11.6. The van der Waals surface area contributed by atoms with E-state index in [0.717, 1.165) is 0 Å². The molecule has 0 spiro atoms. The van der Waals surface area contributed by atoms with Crippen LogP contribution in [0.4, 0.5) is 0 Å². The number of esters is 1. The van der Waals surface area contributed by atoms with Gasteiger partial charge < -0.3 is 19.7 Å². The van der Waals surface area contributed by atoms with E-state index in [1.807, 2.05) is 0 Å². The standard InChI is InChI=1S/C16H14O6/c17-9-10-21-13-5-3-12(4-6-13)16(20)22-14-7-1-11(2-8-14)15(18)19/h1-8,17H,9-10H2,(H,18,19). The predicted octanol–water partition coefficient (Wildman–Crippen LogP) is 1.98. The quantitative estimate of drug-likeness (QED) is 0.626. The van der Waals surface area contributed by atoms with E-state index in [1.165, 1.54) is 24.3 Å². The molecule has 0 atom stereocenters. The number of rotatable bonds is 6. The van der Waals surface area contributed by atoms with Crippen LogP contribution in [0.25, 0.3) is 0 Å². The van der Waals surface area contributed by atoms with Crippen molar-refractivity contribution in [3.63, 3.8) is 0 Å². The minimum Gasteiger partial charge on any atom is -0.491 e. The van der Waals surface area contributed by atoms with Crippen LogP contribution in [0, 0.1) is 0 Å². The van der Waals surface area contributed by atoms with Gasteiger partial charge in [-0.25, -0.2) is 9.59 Å². The summed E-state index contributed by atoms with van der Waals surface area (Å²) in [6.07, 6.45) is 0. The average Bonchev–Trinajstić information content (AvgIpc) is 2.54. The predicted molar refractivity (Wildman–Crippen MR) is 77.4 cm³/mol. The molecule has 6 heteroatoms. The Balaban J connectivity index is 2.00. The van der Waals surface area contributed by atoms with Gasteiger partial charge in [-0.1, -0.05) is 0 Å². The van der Waals surface area contributed by atoms with Crippen LogP contribution in [0.15, 0.2) is 48.5 Å². The number of carboxylic acid groups (broad SMARTS) is 1. The molecule has 0 heterocycles. The van der Waals surface area contributed by atoms with Gasteiger partial charge in [0, 0.05) is 0 Å². The number of carbonyl (C=O) groups is 2. The van der Waals surface area contributed by atoms with Crippen LogP contribution >= 0.6 is 0 Å². The van der Waals surface area contributed by atoms with Gasteiger partial charge in [-0.2, -0.15) is 0 Å². The van der Waals surface area contributed by atoms with Gasteiger partial charge in [0.2, 0.25) is 0 Å². The number of carbonyl (C=O) groups excluding carboxylic acids is 1. The Morgan fingerprint density at radius 1 is 0.864 bits per heavy atom. The van der Waals surface area contributed by atoms with Crippen molar-refractivity contribution in [2.75, 3.05) is 13.2 Å².